The van der Waals surface area contributed by atoms with Gasteiger partial charge in [0.25, 0.3) is 10.0 Å². The second kappa shape index (κ2) is 10.1. The van der Waals surface area contributed by atoms with Gasteiger partial charge in [-0.2, -0.15) is 0 Å². The highest BCUT2D eigenvalue weighted by Crippen LogP contribution is 2.46. The zero-order valence-electron chi connectivity index (χ0n) is 18.8. The molecule has 0 N–H and O–H groups in total. The first-order valence-corrected chi connectivity index (χ1v) is 14.3. The second-order valence-corrected chi connectivity index (χ2v) is 12.6. The lowest BCUT2D eigenvalue weighted by Gasteiger charge is -2.16. The molecule has 5 nitrogen and oxygen atoms in total. The van der Waals surface area contributed by atoms with E-state index in [2.05, 4.69) is 47.8 Å². The number of rotatable bonds is 7. The summed E-state index contributed by atoms with van der Waals surface area (Å²) in [4.78, 5) is 2.20. The molecule has 0 radical (unpaired) electrons. The van der Waals surface area contributed by atoms with E-state index in [4.69, 9.17) is 4.74 Å². The molecule has 0 aliphatic rings. The zero-order valence-corrected chi connectivity index (χ0v) is 24.4. The third kappa shape index (κ3) is 4.86. The van der Waals surface area contributed by atoms with Crippen molar-refractivity contribution < 1.29 is 13.2 Å². The molecule has 0 saturated carbocycles. The van der Waals surface area contributed by atoms with Crippen LogP contribution in [-0.4, -0.2) is 44.5 Å². The van der Waals surface area contributed by atoms with Crippen LogP contribution >= 0.6 is 47.8 Å². The van der Waals surface area contributed by atoms with Crippen LogP contribution in [0.2, 0.25) is 0 Å². The minimum Gasteiger partial charge on any atom is -0.489 e. The Hall–Kier alpha value is -1.65. The third-order valence-corrected chi connectivity index (χ3v) is 9.07. The van der Waals surface area contributed by atoms with Crippen LogP contribution in [0.15, 0.2) is 79.0 Å². The van der Waals surface area contributed by atoms with Gasteiger partial charge in [-0.3, -0.25) is 0 Å². The number of ether oxygens (including phenoxy) is 1. The number of fused-ring (bicyclic) bond motifs is 1. The van der Waals surface area contributed by atoms with E-state index in [-0.39, 0.29) is 4.90 Å². The lowest BCUT2D eigenvalue weighted by Crippen LogP contribution is -2.20. The first-order chi connectivity index (χ1) is 16.1. The standard InChI is InChI=1S/C25H23Br3N2O3S/c1-16-9-10-22(20(27)13-16)34(31,32)30-23(17-7-5-4-6-8-17)25(33-12-11-29(2)3)19-14-18(26)15-21(28)24(19)30/h4-10,13-15H,11-12H2,1-3H3. The van der Waals surface area contributed by atoms with Gasteiger partial charge in [0.2, 0.25) is 0 Å². The topological polar surface area (TPSA) is 51.5 Å². The number of benzene rings is 3. The molecule has 1 heterocycles. The van der Waals surface area contributed by atoms with Crippen LogP contribution in [0.25, 0.3) is 22.2 Å². The van der Waals surface area contributed by atoms with E-state index in [1.807, 2.05) is 68.4 Å². The minimum absolute atomic E-state index is 0.182. The van der Waals surface area contributed by atoms with Crippen LogP contribution in [0.1, 0.15) is 5.56 Å². The van der Waals surface area contributed by atoms with E-state index in [1.54, 1.807) is 18.2 Å². The highest BCUT2D eigenvalue weighted by Gasteiger charge is 2.31. The van der Waals surface area contributed by atoms with Crippen LogP contribution in [0.4, 0.5) is 0 Å². The molecule has 4 aromatic rings. The molecule has 0 amide bonds. The molecular formula is C25H23Br3N2O3S. The Morgan fingerprint density at radius 2 is 1.65 bits per heavy atom. The van der Waals surface area contributed by atoms with Crippen LogP contribution in [0.5, 0.6) is 5.75 Å². The Morgan fingerprint density at radius 1 is 0.941 bits per heavy atom. The molecule has 4 rings (SSSR count). The predicted octanol–water partition coefficient (Wildman–Crippen LogP) is 7.08. The van der Waals surface area contributed by atoms with Gasteiger partial charge in [-0.15, -0.1) is 0 Å². The molecule has 178 valence electrons. The molecule has 0 fully saturated rings. The summed E-state index contributed by atoms with van der Waals surface area (Å²) >= 11 is 10.6. The molecule has 0 aliphatic heterocycles. The number of halogens is 3. The van der Waals surface area contributed by atoms with Crippen molar-refractivity contribution in [3.63, 3.8) is 0 Å². The Labute approximate surface area is 225 Å². The van der Waals surface area contributed by atoms with Crippen molar-refractivity contribution >= 4 is 68.7 Å². The van der Waals surface area contributed by atoms with E-state index in [0.717, 1.165) is 15.6 Å². The van der Waals surface area contributed by atoms with Crippen molar-refractivity contribution in [1.82, 2.24) is 8.87 Å². The van der Waals surface area contributed by atoms with Crippen molar-refractivity contribution in [1.29, 1.82) is 0 Å². The molecule has 0 aliphatic carbocycles. The number of hydrogen-bond acceptors (Lipinski definition) is 4. The average Bonchev–Trinajstić information content (AvgIpc) is 3.09. The summed E-state index contributed by atoms with van der Waals surface area (Å²) in [5, 5.41) is 0.700. The maximum atomic E-state index is 14.2. The van der Waals surface area contributed by atoms with Gasteiger partial charge >= 0.3 is 0 Å². The number of hydrogen-bond donors (Lipinski definition) is 0. The van der Waals surface area contributed by atoms with Gasteiger partial charge in [0.05, 0.1) is 5.52 Å². The first-order valence-electron chi connectivity index (χ1n) is 10.5. The van der Waals surface area contributed by atoms with Crippen molar-refractivity contribution in [2.45, 2.75) is 11.8 Å². The summed E-state index contributed by atoms with van der Waals surface area (Å²) in [5.41, 5.74) is 2.72. The zero-order chi connectivity index (χ0) is 24.6. The molecular weight excluding hydrogens is 648 g/mol. The van der Waals surface area contributed by atoms with Gasteiger partial charge < -0.3 is 9.64 Å². The lowest BCUT2D eigenvalue weighted by molar-refractivity contribution is 0.264. The van der Waals surface area contributed by atoms with E-state index < -0.39 is 10.0 Å². The minimum atomic E-state index is -4.01. The molecule has 0 bridgehead atoms. The van der Waals surface area contributed by atoms with Crippen molar-refractivity contribution in [2.24, 2.45) is 0 Å². The highest BCUT2D eigenvalue weighted by molar-refractivity contribution is 9.11. The Morgan fingerprint density at radius 3 is 2.29 bits per heavy atom. The smallest absolute Gasteiger partial charge is 0.270 e. The predicted molar refractivity (Wildman–Crippen MR) is 148 cm³/mol. The van der Waals surface area contributed by atoms with Crippen LogP contribution in [0, 0.1) is 6.92 Å². The van der Waals surface area contributed by atoms with E-state index in [0.29, 0.717) is 44.4 Å². The summed E-state index contributed by atoms with van der Waals surface area (Å²) < 4.78 is 38.2. The summed E-state index contributed by atoms with van der Waals surface area (Å²) in [5.74, 6) is 0.525. The fraction of sp³-hybridized carbons (Fsp3) is 0.200. The number of likely N-dealkylation sites (N-methyl/N-ethyl adjacent to an activating group) is 1. The van der Waals surface area contributed by atoms with Gasteiger partial charge in [0.15, 0.2) is 5.75 Å². The van der Waals surface area contributed by atoms with Crippen LogP contribution in [0.3, 0.4) is 0 Å². The molecule has 3 aromatic carbocycles. The van der Waals surface area contributed by atoms with E-state index >= 15 is 0 Å². The number of aromatic nitrogens is 1. The quantitative estimate of drug-likeness (QED) is 0.211. The maximum Gasteiger partial charge on any atom is 0.270 e. The monoisotopic (exact) mass is 668 g/mol. The highest BCUT2D eigenvalue weighted by atomic mass is 79.9. The van der Waals surface area contributed by atoms with Crippen molar-refractivity contribution in [3.05, 3.63) is 79.6 Å². The number of aryl methyl sites for hydroxylation is 1. The molecule has 0 atom stereocenters. The average molecular weight is 671 g/mol. The summed E-state index contributed by atoms with van der Waals surface area (Å²) in [6, 6.07) is 18.4. The van der Waals surface area contributed by atoms with Gasteiger partial charge in [0.1, 0.15) is 17.2 Å². The molecule has 0 spiro atoms. The first kappa shape index (κ1) is 25.4. The van der Waals surface area contributed by atoms with Crippen molar-refractivity contribution in [2.75, 3.05) is 27.2 Å². The molecule has 9 heteroatoms. The van der Waals surface area contributed by atoms with Gasteiger partial charge in [-0.25, -0.2) is 12.4 Å². The molecule has 34 heavy (non-hydrogen) atoms. The Kier molecular flexibility index (Phi) is 7.59. The molecule has 1 aromatic heterocycles. The lowest BCUT2D eigenvalue weighted by atomic mass is 10.1. The normalized spacial score (nSPS) is 12.0. The van der Waals surface area contributed by atoms with E-state index in [1.165, 1.54) is 3.97 Å². The van der Waals surface area contributed by atoms with Crippen LogP contribution < -0.4 is 4.74 Å². The van der Waals surface area contributed by atoms with Gasteiger partial charge in [0, 0.05) is 30.9 Å². The fourth-order valence-electron chi connectivity index (χ4n) is 3.75. The van der Waals surface area contributed by atoms with Crippen molar-refractivity contribution in [3.8, 4) is 17.0 Å². The number of nitrogens with zero attached hydrogens (tertiary/aromatic N) is 2. The molecule has 0 unspecified atom stereocenters. The van der Waals surface area contributed by atoms with E-state index in [9.17, 15) is 8.42 Å². The Balaban J connectivity index is 2.12. The SMILES string of the molecule is Cc1ccc(S(=O)(=O)n2c(-c3ccccc3)c(OCCN(C)C)c3cc(Br)cc(Br)c32)c(Br)c1. The van der Waals surface area contributed by atoms with Gasteiger partial charge in [-0.05, 0) is 82.7 Å². The second-order valence-electron chi connectivity index (χ2n) is 8.18. The maximum absolute atomic E-state index is 14.2. The summed E-state index contributed by atoms with van der Waals surface area (Å²) in [7, 11) is -0.0745. The fourth-order valence-corrected chi connectivity index (χ4v) is 7.99. The van der Waals surface area contributed by atoms with Crippen LogP contribution in [-0.2, 0) is 10.0 Å². The van der Waals surface area contributed by atoms with Gasteiger partial charge in [-0.1, -0.05) is 52.3 Å². The third-order valence-electron chi connectivity index (χ3n) is 5.33. The largest absolute Gasteiger partial charge is 0.489 e. The molecule has 0 saturated heterocycles. The summed E-state index contributed by atoms with van der Waals surface area (Å²) in [6.45, 7) is 3.02. The summed E-state index contributed by atoms with van der Waals surface area (Å²) in [6.07, 6.45) is 0. The Bertz CT molecular complexity index is 1470.